The average Bonchev–Trinajstić information content (AvgIpc) is 2.42. The molecule has 1 N–H and O–H groups in total. The van der Waals surface area contributed by atoms with Gasteiger partial charge in [-0.25, -0.2) is 0 Å². The van der Waals surface area contributed by atoms with Crippen LogP contribution in [-0.4, -0.2) is 5.91 Å². The van der Waals surface area contributed by atoms with Gasteiger partial charge in [0.15, 0.2) is 0 Å². The Balaban J connectivity index is 2.22. The molecule has 0 saturated carbocycles. The lowest BCUT2D eigenvalue weighted by Crippen LogP contribution is -2.15. The summed E-state index contributed by atoms with van der Waals surface area (Å²) in [6.45, 7) is 8.44. The van der Waals surface area contributed by atoms with Crippen LogP contribution in [0.1, 0.15) is 42.3 Å². The van der Waals surface area contributed by atoms with Crippen LogP contribution in [-0.2, 0) is 5.41 Å². The van der Waals surface area contributed by atoms with E-state index in [2.05, 4.69) is 48.1 Å². The van der Waals surface area contributed by atoms with Crippen molar-refractivity contribution in [2.45, 2.75) is 33.1 Å². The van der Waals surface area contributed by atoms with Crippen molar-refractivity contribution >= 4 is 27.5 Å². The van der Waals surface area contributed by atoms with E-state index in [-0.39, 0.29) is 11.3 Å². The summed E-state index contributed by atoms with van der Waals surface area (Å²) >= 11 is 3.48. The van der Waals surface area contributed by atoms with Crippen LogP contribution in [0.2, 0.25) is 0 Å². The molecule has 3 heteroatoms. The molecule has 2 aromatic rings. The Hall–Kier alpha value is -1.61. The number of hydrogen-bond donors (Lipinski definition) is 1. The zero-order chi connectivity index (χ0) is 15.6. The molecule has 2 rings (SSSR count). The minimum atomic E-state index is -0.0862. The molecule has 0 saturated heterocycles. The van der Waals surface area contributed by atoms with Crippen molar-refractivity contribution in [3.63, 3.8) is 0 Å². The lowest BCUT2D eigenvalue weighted by Gasteiger charge is -2.19. The van der Waals surface area contributed by atoms with Gasteiger partial charge in [-0.1, -0.05) is 54.9 Å². The summed E-state index contributed by atoms with van der Waals surface area (Å²) < 4.78 is 0.990. The number of benzene rings is 2. The maximum Gasteiger partial charge on any atom is 0.255 e. The predicted octanol–water partition coefficient (Wildman–Crippen LogP) is 5.31. The van der Waals surface area contributed by atoms with Crippen molar-refractivity contribution in [1.29, 1.82) is 0 Å². The van der Waals surface area contributed by atoms with Crippen LogP contribution in [0.4, 0.5) is 5.69 Å². The second kappa shape index (κ2) is 6.02. The van der Waals surface area contributed by atoms with Crippen LogP contribution in [0.5, 0.6) is 0 Å². The SMILES string of the molecule is Cc1ccc(NC(=O)c2cccc(C(C)(C)C)c2)cc1Br. The van der Waals surface area contributed by atoms with Crippen molar-refractivity contribution < 1.29 is 4.79 Å². The minimum Gasteiger partial charge on any atom is -0.322 e. The van der Waals surface area contributed by atoms with Crippen molar-refractivity contribution in [2.24, 2.45) is 0 Å². The van der Waals surface area contributed by atoms with Crippen LogP contribution in [0.15, 0.2) is 46.9 Å². The van der Waals surface area contributed by atoms with Gasteiger partial charge in [0, 0.05) is 15.7 Å². The Labute approximate surface area is 134 Å². The highest BCUT2D eigenvalue weighted by Crippen LogP contribution is 2.24. The molecule has 0 spiro atoms. The second-order valence-corrected chi connectivity index (χ2v) is 7.10. The van der Waals surface area contributed by atoms with Gasteiger partial charge in [-0.3, -0.25) is 4.79 Å². The number of carbonyl (C=O) groups excluding carboxylic acids is 1. The number of anilines is 1. The predicted molar refractivity (Wildman–Crippen MR) is 92.0 cm³/mol. The molecule has 0 radical (unpaired) electrons. The Morgan fingerprint density at radius 3 is 2.43 bits per heavy atom. The number of halogens is 1. The summed E-state index contributed by atoms with van der Waals surface area (Å²) in [6.07, 6.45) is 0. The maximum atomic E-state index is 12.4. The van der Waals surface area contributed by atoms with Crippen LogP contribution in [0.3, 0.4) is 0 Å². The monoisotopic (exact) mass is 345 g/mol. The van der Waals surface area contributed by atoms with Crippen LogP contribution in [0, 0.1) is 6.92 Å². The van der Waals surface area contributed by atoms with E-state index in [9.17, 15) is 4.79 Å². The van der Waals surface area contributed by atoms with E-state index in [0.29, 0.717) is 5.56 Å². The molecule has 0 aliphatic heterocycles. The van der Waals surface area contributed by atoms with Crippen molar-refractivity contribution in [1.82, 2.24) is 0 Å². The normalized spacial score (nSPS) is 11.3. The minimum absolute atomic E-state index is 0.0309. The average molecular weight is 346 g/mol. The van der Waals surface area contributed by atoms with Gasteiger partial charge in [-0.2, -0.15) is 0 Å². The smallest absolute Gasteiger partial charge is 0.255 e. The first-order chi connectivity index (χ1) is 9.77. The van der Waals surface area contributed by atoms with E-state index in [4.69, 9.17) is 0 Å². The summed E-state index contributed by atoms with van der Waals surface area (Å²) in [5.41, 5.74) is 3.80. The largest absolute Gasteiger partial charge is 0.322 e. The molecule has 0 unspecified atom stereocenters. The summed E-state index contributed by atoms with van der Waals surface area (Å²) in [5.74, 6) is -0.0862. The molecule has 2 aromatic carbocycles. The zero-order valence-electron chi connectivity index (χ0n) is 12.8. The van der Waals surface area contributed by atoms with Gasteiger partial charge in [-0.15, -0.1) is 0 Å². The highest BCUT2D eigenvalue weighted by molar-refractivity contribution is 9.10. The molecule has 2 nitrogen and oxygen atoms in total. The fourth-order valence-electron chi connectivity index (χ4n) is 2.00. The summed E-state index contributed by atoms with van der Waals surface area (Å²) in [5, 5.41) is 2.94. The number of rotatable bonds is 2. The molecule has 0 atom stereocenters. The lowest BCUT2D eigenvalue weighted by molar-refractivity contribution is 0.102. The van der Waals surface area contributed by atoms with Crippen molar-refractivity contribution in [2.75, 3.05) is 5.32 Å². The second-order valence-electron chi connectivity index (χ2n) is 6.25. The van der Waals surface area contributed by atoms with Gasteiger partial charge in [0.25, 0.3) is 5.91 Å². The molecule has 0 bridgehead atoms. The Morgan fingerprint density at radius 1 is 1.10 bits per heavy atom. The summed E-state index contributed by atoms with van der Waals surface area (Å²) in [7, 11) is 0. The number of nitrogens with one attached hydrogen (secondary N) is 1. The first kappa shape index (κ1) is 15.8. The molecule has 21 heavy (non-hydrogen) atoms. The third-order valence-electron chi connectivity index (χ3n) is 3.42. The molecular formula is C18H20BrNO. The fourth-order valence-corrected chi connectivity index (χ4v) is 2.38. The first-order valence-electron chi connectivity index (χ1n) is 6.95. The molecule has 0 aromatic heterocycles. The lowest BCUT2D eigenvalue weighted by atomic mass is 9.86. The number of aryl methyl sites for hydroxylation is 1. The van der Waals surface area contributed by atoms with Crippen molar-refractivity contribution in [3.05, 3.63) is 63.6 Å². The van der Waals surface area contributed by atoms with Gasteiger partial charge >= 0.3 is 0 Å². The maximum absolute atomic E-state index is 12.4. The highest BCUT2D eigenvalue weighted by Gasteiger charge is 2.15. The molecular weight excluding hydrogens is 326 g/mol. The van der Waals surface area contributed by atoms with Gasteiger partial charge in [0.1, 0.15) is 0 Å². The quantitative estimate of drug-likeness (QED) is 0.785. The van der Waals surface area contributed by atoms with Gasteiger partial charge in [0.2, 0.25) is 0 Å². The molecule has 0 heterocycles. The molecule has 110 valence electrons. The Bertz CT molecular complexity index is 671. The third-order valence-corrected chi connectivity index (χ3v) is 4.27. The van der Waals surface area contributed by atoms with Crippen LogP contribution >= 0.6 is 15.9 Å². The fraction of sp³-hybridized carbons (Fsp3) is 0.278. The third kappa shape index (κ3) is 3.94. The van der Waals surface area contributed by atoms with Crippen LogP contribution < -0.4 is 5.32 Å². The zero-order valence-corrected chi connectivity index (χ0v) is 14.4. The van der Waals surface area contributed by atoms with E-state index in [1.54, 1.807) is 0 Å². The van der Waals surface area contributed by atoms with E-state index < -0.39 is 0 Å². The molecule has 1 amide bonds. The van der Waals surface area contributed by atoms with Gasteiger partial charge < -0.3 is 5.32 Å². The van der Waals surface area contributed by atoms with Crippen LogP contribution in [0.25, 0.3) is 0 Å². The Morgan fingerprint density at radius 2 is 1.81 bits per heavy atom. The molecule has 0 aliphatic rings. The van der Waals surface area contributed by atoms with Crippen molar-refractivity contribution in [3.8, 4) is 0 Å². The highest BCUT2D eigenvalue weighted by atomic mass is 79.9. The molecule has 0 fully saturated rings. The number of carbonyl (C=O) groups is 1. The summed E-state index contributed by atoms with van der Waals surface area (Å²) in [6, 6.07) is 13.6. The number of hydrogen-bond acceptors (Lipinski definition) is 1. The van der Waals surface area contributed by atoms with E-state index in [1.807, 2.05) is 43.3 Å². The number of amides is 1. The molecule has 0 aliphatic carbocycles. The Kier molecular flexibility index (Phi) is 4.52. The van der Waals surface area contributed by atoms with E-state index >= 15 is 0 Å². The van der Waals surface area contributed by atoms with Gasteiger partial charge in [0.05, 0.1) is 0 Å². The van der Waals surface area contributed by atoms with E-state index in [1.165, 1.54) is 0 Å². The van der Waals surface area contributed by atoms with E-state index in [0.717, 1.165) is 21.3 Å². The first-order valence-corrected chi connectivity index (χ1v) is 7.75. The summed E-state index contributed by atoms with van der Waals surface area (Å²) in [4.78, 5) is 12.4. The standard InChI is InChI=1S/C18H20BrNO/c1-12-8-9-15(11-16(12)19)20-17(21)13-6-5-7-14(10-13)18(2,3)4/h5-11H,1-4H3,(H,20,21). The topological polar surface area (TPSA) is 29.1 Å². The van der Waals surface area contributed by atoms with Gasteiger partial charge in [-0.05, 0) is 47.7 Å².